The summed E-state index contributed by atoms with van der Waals surface area (Å²) in [5.41, 5.74) is 2.84. The lowest BCUT2D eigenvalue weighted by Crippen LogP contribution is -2.19. The number of rotatable bonds is 15. The molecule has 0 heterocycles. The highest BCUT2D eigenvalue weighted by atomic mass is 14.3. The number of unbranched alkanes of at least 4 members (excludes halogenated alkanes) is 5. The van der Waals surface area contributed by atoms with Gasteiger partial charge in [-0.2, -0.15) is 0 Å². The third-order valence-electron chi connectivity index (χ3n) is 6.40. The zero-order valence-electron chi connectivity index (χ0n) is 19.2. The average Bonchev–Trinajstić information content (AvgIpc) is 2.77. The number of benzene rings is 2. The van der Waals surface area contributed by atoms with Gasteiger partial charge in [-0.1, -0.05) is 139 Å². The SMILES string of the molecule is CCCCCCCC(CC(CC)CCCC)[C](c1ccccc1)c1ccccc1. The van der Waals surface area contributed by atoms with Gasteiger partial charge in [0.15, 0.2) is 0 Å². The van der Waals surface area contributed by atoms with Gasteiger partial charge in [0, 0.05) is 5.92 Å². The largest absolute Gasteiger partial charge is 0.0654 e. The van der Waals surface area contributed by atoms with E-state index in [-0.39, 0.29) is 0 Å². The van der Waals surface area contributed by atoms with Crippen LogP contribution in [0.25, 0.3) is 0 Å². The van der Waals surface area contributed by atoms with Crippen LogP contribution in [0.3, 0.4) is 0 Å². The van der Waals surface area contributed by atoms with Crippen LogP contribution in [0.4, 0.5) is 0 Å². The van der Waals surface area contributed by atoms with Crippen LogP contribution in [-0.4, -0.2) is 0 Å². The van der Waals surface area contributed by atoms with Crippen molar-refractivity contribution in [3.63, 3.8) is 0 Å². The van der Waals surface area contributed by atoms with Gasteiger partial charge in [0.05, 0.1) is 0 Å². The molecule has 2 unspecified atom stereocenters. The van der Waals surface area contributed by atoms with Gasteiger partial charge in [0.1, 0.15) is 0 Å². The molecule has 0 N–H and O–H groups in total. The van der Waals surface area contributed by atoms with Crippen molar-refractivity contribution < 1.29 is 0 Å². The first kappa shape index (κ1) is 23.7. The van der Waals surface area contributed by atoms with E-state index < -0.39 is 0 Å². The summed E-state index contributed by atoms with van der Waals surface area (Å²) in [6.07, 6.45) is 14.9. The van der Waals surface area contributed by atoms with Gasteiger partial charge in [-0.3, -0.25) is 0 Å². The maximum atomic E-state index is 2.39. The highest BCUT2D eigenvalue weighted by molar-refractivity contribution is 5.46. The van der Waals surface area contributed by atoms with E-state index in [9.17, 15) is 0 Å². The maximum absolute atomic E-state index is 2.39. The molecule has 0 aliphatic carbocycles. The third kappa shape index (κ3) is 8.37. The van der Waals surface area contributed by atoms with Gasteiger partial charge in [-0.05, 0) is 35.8 Å². The van der Waals surface area contributed by atoms with Crippen LogP contribution in [0.2, 0.25) is 0 Å². The first-order chi connectivity index (χ1) is 14.3. The highest BCUT2D eigenvalue weighted by Gasteiger charge is 2.27. The molecule has 0 fully saturated rings. The van der Waals surface area contributed by atoms with Gasteiger partial charge in [-0.25, -0.2) is 0 Å². The molecule has 159 valence electrons. The van der Waals surface area contributed by atoms with Crippen LogP contribution >= 0.6 is 0 Å². The van der Waals surface area contributed by atoms with E-state index in [4.69, 9.17) is 0 Å². The Morgan fingerprint density at radius 1 is 0.621 bits per heavy atom. The molecule has 0 bridgehead atoms. The zero-order valence-corrected chi connectivity index (χ0v) is 19.2. The van der Waals surface area contributed by atoms with Crippen LogP contribution in [0.1, 0.15) is 103 Å². The molecule has 0 amide bonds. The summed E-state index contributed by atoms with van der Waals surface area (Å²) in [6.45, 7) is 7.02. The fraction of sp³-hybridized carbons (Fsp3) is 0.552. The molecule has 0 nitrogen and oxygen atoms in total. The minimum absolute atomic E-state index is 0.656. The van der Waals surface area contributed by atoms with Crippen molar-refractivity contribution in [1.82, 2.24) is 0 Å². The fourth-order valence-electron chi connectivity index (χ4n) is 4.63. The molecular formula is C29H43. The molecular weight excluding hydrogens is 348 g/mol. The molecule has 0 aromatic heterocycles. The van der Waals surface area contributed by atoms with Crippen molar-refractivity contribution >= 4 is 0 Å². The molecule has 0 saturated carbocycles. The van der Waals surface area contributed by atoms with Crippen LogP contribution in [0, 0.1) is 17.8 Å². The molecule has 1 radical (unpaired) electrons. The van der Waals surface area contributed by atoms with Gasteiger partial charge in [0.2, 0.25) is 0 Å². The van der Waals surface area contributed by atoms with Crippen molar-refractivity contribution in [3.8, 4) is 0 Å². The molecule has 0 aliphatic rings. The summed E-state index contributed by atoms with van der Waals surface area (Å²) in [5.74, 6) is 3.08. The predicted octanol–water partition coefficient (Wildman–Crippen LogP) is 9.24. The Morgan fingerprint density at radius 2 is 1.17 bits per heavy atom. The summed E-state index contributed by atoms with van der Waals surface area (Å²) in [5, 5.41) is 0. The number of hydrogen-bond acceptors (Lipinski definition) is 0. The van der Waals surface area contributed by atoms with E-state index in [1.807, 2.05) is 0 Å². The van der Waals surface area contributed by atoms with Crippen molar-refractivity contribution in [3.05, 3.63) is 77.7 Å². The molecule has 0 heteroatoms. The Morgan fingerprint density at radius 3 is 1.69 bits per heavy atom. The lowest BCUT2D eigenvalue weighted by molar-refractivity contribution is 0.332. The van der Waals surface area contributed by atoms with Gasteiger partial charge in [0.25, 0.3) is 0 Å². The van der Waals surface area contributed by atoms with Crippen LogP contribution < -0.4 is 0 Å². The Balaban J connectivity index is 2.24. The smallest absolute Gasteiger partial charge is 0.0370 e. The molecule has 2 atom stereocenters. The maximum Gasteiger partial charge on any atom is 0.0370 e. The van der Waals surface area contributed by atoms with Crippen LogP contribution in [0.15, 0.2) is 60.7 Å². The third-order valence-corrected chi connectivity index (χ3v) is 6.40. The summed E-state index contributed by atoms with van der Waals surface area (Å²) in [6, 6.07) is 22.4. The summed E-state index contributed by atoms with van der Waals surface area (Å²) in [4.78, 5) is 0. The zero-order chi connectivity index (χ0) is 20.7. The first-order valence-corrected chi connectivity index (χ1v) is 12.3. The molecule has 2 aromatic carbocycles. The molecule has 2 rings (SSSR count). The van der Waals surface area contributed by atoms with E-state index in [1.54, 1.807) is 5.92 Å². The van der Waals surface area contributed by atoms with E-state index in [0.717, 1.165) is 5.92 Å². The second kappa shape index (κ2) is 14.4. The highest BCUT2D eigenvalue weighted by Crippen LogP contribution is 2.39. The summed E-state index contributed by atoms with van der Waals surface area (Å²) in [7, 11) is 0. The number of hydrogen-bond donors (Lipinski definition) is 0. The van der Waals surface area contributed by atoms with Crippen molar-refractivity contribution in [2.45, 2.75) is 91.4 Å². The van der Waals surface area contributed by atoms with E-state index in [2.05, 4.69) is 81.4 Å². The Bertz CT molecular complexity index is 576. The minimum Gasteiger partial charge on any atom is -0.0654 e. The standard InChI is InChI=1S/C29H43/c1-4-7-9-10-13-23-28(24-25(6-3)18-8-5-2)29(26-19-14-11-15-20-26)27-21-16-12-17-22-27/h11-12,14-17,19-22,25,28H,4-10,13,18,23-24H2,1-3H3. The van der Waals surface area contributed by atoms with Gasteiger partial charge >= 0.3 is 0 Å². The Kier molecular flexibility index (Phi) is 11.8. The van der Waals surface area contributed by atoms with Crippen LogP contribution in [-0.2, 0) is 0 Å². The predicted molar refractivity (Wildman–Crippen MR) is 129 cm³/mol. The van der Waals surface area contributed by atoms with Gasteiger partial charge < -0.3 is 0 Å². The van der Waals surface area contributed by atoms with E-state index >= 15 is 0 Å². The fourth-order valence-corrected chi connectivity index (χ4v) is 4.63. The molecule has 2 aromatic rings. The minimum atomic E-state index is 0.656. The molecule has 0 aliphatic heterocycles. The summed E-state index contributed by atoms with van der Waals surface area (Å²) < 4.78 is 0. The van der Waals surface area contributed by atoms with Crippen molar-refractivity contribution in [1.29, 1.82) is 0 Å². The topological polar surface area (TPSA) is 0 Å². The van der Waals surface area contributed by atoms with E-state index in [1.165, 1.54) is 81.8 Å². The van der Waals surface area contributed by atoms with Crippen molar-refractivity contribution in [2.75, 3.05) is 0 Å². The molecule has 0 spiro atoms. The molecule has 29 heavy (non-hydrogen) atoms. The lowest BCUT2D eigenvalue weighted by Gasteiger charge is -2.31. The van der Waals surface area contributed by atoms with Gasteiger partial charge in [-0.15, -0.1) is 0 Å². The first-order valence-electron chi connectivity index (χ1n) is 12.3. The average molecular weight is 392 g/mol. The second-order valence-corrected chi connectivity index (χ2v) is 8.70. The Labute approximate surface area is 181 Å². The Hall–Kier alpha value is -1.56. The quantitative estimate of drug-likeness (QED) is 0.265. The normalized spacial score (nSPS) is 13.5. The van der Waals surface area contributed by atoms with Crippen LogP contribution in [0.5, 0.6) is 0 Å². The van der Waals surface area contributed by atoms with Crippen molar-refractivity contribution in [2.24, 2.45) is 11.8 Å². The molecule has 0 saturated heterocycles. The lowest BCUT2D eigenvalue weighted by atomic mass is 9.73. The van der Waals surface area contributed by atoms with E-state index in [0.29, 0.717) is 5.92 Å². The second-order valence-electron chi connectivity index (χ2n) is 8.70. The monoisotopic (exact) mass is 391 g/mol. The summed E-state index contributed by atoms with van der Waals surface area (Å²) >= 11 is 0.